The fourth-order valence-electron chi connectivity index (χ4n) is 4.40. The highest BCUT2D eigenvalue weighted by atomic mass is 19.4. The summed E-state index contributed by atoms with van der Waals surface area (Å²) in [5.74, 6) is -0.950. The monoisotopic (exact) mass is 589 g/mol. The lowest BCUT2D eigenvalue weighted by Crippen LogP contribution is -2.38. The third-order valence-corrected chi connectivity index (χ3v) is 6.50. The van der Waals surface area contributed by atoms with E-state index >= 15 is 0 Å². The predicted octanol–water partition coefficient (Wildman–Crippen LogP) is 4.43. The largest absolute Gasteiger partial charge is 0.493 e. The lowest BCUT2D eigenvalue weighted by molar-refractivity contribution is -0.130. The molecular weight excluding hydrogens is 562 g/mol. The third kappa shape index (κ3) is 7.50. The van der Waals surface area contributed by atoms with Gasteiger partial charge in [0.1, 0.15) is 24.6 Å². The SMILES string of the molecule is COc1cc2nc(-c3ccc(CC(=O)Nc4cc(CC(F)(F)F)on4)c(F)c3)cnc2cc1OCCN1CCOCC1. The number of hydrogen-bond acceptors (Lipinski definition) is 9. The number of anilines is 1. The van der Waals surface area contributed by atoms with Crippen molar-refractivity contribution in [2.45, 2.75) is 19.0 Å². The average Bonchev–Trinajstić information content (AvgIpc) is 3.38. The molecule has 1 saturated heterocycles. The summed E-state index contributed by atoms with van der Waals surface area (Å²) in [4.78, 5) is 23.7. The first-order valence-corrected chi connectivity index (χ1v) is 13.1. The number of morpholine rings is 1. The summed E-state index contributed by atoms with van der Waals surface area (Å²) in [5, 5.41) is 5.70. The maximum Gasteiger partial charge on any atom is 0.396 e. The van der Waals surface area contributed by atoms with Crippen LogP contribution in [-0.4, -0.2) is 78.7 Å². The molecule has 0 aliphatic carbocycles. The highest BCUT2D eigenvalue weighted by Gasteiger charge is 2.30. The normalized spacial score (nSPS) is 14.2. The van der Waals surface area contributed by atoms with E-state index in [1.807, 2.05) is 0 Å². The number of halogens is 4. The maximum absolute atomic E-state index is 14.9. The Labute approximate surface area is 237 Å². The van der Waals surface area contributed by atoms with Gasteiger partial charge in [0.25, 0.3) is 0 Å². The van der Waals surface area contributed by atoms with Gasteiger partial charge in [-0.2, -0.15) is 13.2 Å². The first-order chi connectivity index (χ1) is 20.2. The van der Waals surface area contributed by atoms with Gasteiger partial charge in [0, 0.05) is 43.4 Å². The average molecular weight is 590 g/mol. The van der Waals surface area contributed by atoms with Gasteiger partial charge in [-0.05, 0) is 11.6 Å². The van der Waals surface area contributed by atoms with Crippen molar-refractivity contribution >= 4 is 22.8 Å². The molecule has 10 nitrogen and oxygen atoms in total. The van der Waals surface area contributed by atoms with Crippen molar-refractivity contribution in [1.29, 1.82) is 0 Å². The molecule has 1 amide bonds. The van der Waals surface area contributed by atoms with E-state index in [0.29, 0.717) is 53.6 Å². The number of aromatic nitrogens is 3. The van der Waals surface area contributed by atoms with Crippen LogP contribution < -0.4 is 14.8 Å². The van der Waals surface area contributed by atoms with Crippen molar-refractivity contribution in [2.24, 2.45) is 0 Å². The van der Waals surface area contributed by atoms with Gasteiger partial charge in [-0.1, -0.05) is 17.3 Å². The molecule has 1 aliphatic rings. The Morgan fingerprint density at radius 2 is 1.88 bits per heavy atom. The minimum Gasteiger partial charge on any atom is -0.493 e. The van der Waals surface area contributed by atoms with E-state index in [0.717, 1.165) is 25.7 Å². The van der Waals surface area contributed by atoms with E-state index in [-0.39, 0.29) is 17.8 Å². The number of hydrogen-bond donors (Lipinski definition) is 1. The van der Waals surface area contributed by atoms with Crippen molar-refractivity contribution in [1.82, 2.24) is 20.0 Å². The first kappa shape index (κ1) is 29.2. The maximum atomic E-state index is 14.9. The molecule has 3 heterocycles. The molecule has 2 aromatic heterocycles. The Bertz CT molecular complexity index is 1560. The van der Waals surface area contributed by atoms with Gasteiger partial charge >= 0.3 is 6.18 Å². The molecule has 1 fully saturated rings. The van der Waals surface area contributed by atoms with E-state index in [2.05, 4.69) is 29.9 Å². The second-order valence-electron chi connectivity index (χ2n) is 9.55. The molecule has 0 bridgehead atoms. The zero-order valence-electron chi connectivity index (χ0n) is 22.5. The molecule has 5 rings (SSSR count). The van der Waals surface area contributed by atoms with Crippen LogP contribution in [0.2, 0.25) is 0 Å². The zero-order valence-corrected chi connectivity index (χ0v) is 22.5. The summed E-state index contributed by atoms with van der Waals surface area (Å²) < 4.78 is 73.8. The van der Waals surface area contributed by atoms with Crippen LogP contribution >= 0.6 is 0 Å². The molecule has 0 unspecified atom stereocenters. The summed E-state index contributed by atoms with van der Waals surface area (Å²) in [7, 11) is 1.53. The topological polar surface area (TPSA) is 112 Å². The number of methoxy groups -OCH3 is 1. The van der Waals surface area contributed by atoms with E-state index in [4.69, 9.17) is 14.2 Å². The van der Waals surface area contributed by atoms with Gasteiger partial charge < -0.3 is 24.1 Å². The lowest BCUT2D eigenvalue weighted by atomic mass is 10.1. The van der Waals surface area contributed by atoms with Crippen LogP contribution in [-0.2, 0) is 22.4 Å². The fraction of sp³-hybridized carbons (Fsp3) is 0.357. The summed E-state index contributed by atoms with van der Waals surface area (Å²) in [6, 6.07) is 8.68. The smallest absolute Gasteiger partial charge is 0.396 e. The van der Waals surface area contributed by atoms with E-state index < -0.39 is 30.1 Å². The molecule has 1 N–H and O–H groups in total. The number of carbonyl (C=O) groups excluding carboxylic acids is 1. The van der Waals surface area contributed by atoms with Crippen LogP contribution in [0, 0.1) is 5.82 Å². The van der Waals surface area contributed by atoms with Crippen LogP contribution in [0.3, 0.4) is 0 Å². The summed E-state index contributed by atoms with van der Waals surface area (Å²) in [5.41, 5.74) is 2.00. The van der Waals surface area contributed by atoms with Crippen LogP contribution in [0.5, 0.6) is 11.5 Å². The van der Waals surface area contributed by atoms with Crippen molar-refractivity contribution in [3.05, 3.63) is 59.7 Å². The van der Waals surface area contributed by atoms with Crippen molar-refractivity contribution < 1.29 is 41.1 Å². The third-order valence-electron chi connectivity index (χ3n) is 6.50. The number of nitrogens with one attached hydrogen (secondary N) is 1. The summed E-state index contributed by atoms with van der Waals surface area (Å²) in [6.07, 6.45) is -4.66. The Balaban J connectivity index is 1.24. The molecule has 14 heteroatoms. The molecule has 0 saturated carbocycles. The van der Waals surface area contributed by atoms with Crippen molar-refractivity contribution in [3.63, 3.8) is 0 Å². The number of nitrogens with zero attached hydrogens (tertiary/aromatic N) is 4. The highest BCUT2D eigenvalue weighted by Crippen LogP contribution is 2.32. The van der Waals surface area contributed by atoms with Crippen LogP contribution in [0.4, 0.5) is 23.4 Å². The number of alkyl halides is 3. The Hall–Kier alpha value is -4.30. The number of fused-ring (bicyclic) bond motifs is 1. The Morgan fingerprint density at radius 1 is 1.10 bits per heavy atom. The van der Waals surface area contributed by atoms with Gasteiger partial charge in [0.2, 0.25) is 5.91 Å². The van der Waals surface area contributed by atoms with Crippen LogP contribution in [0.1, 0.15) is 11.3 Å². The van der Waals surface area contributed by atoms with E-state index in [1.165, 1.54) is 25.4 Å². The number of carbonyl (C=O) groups is 1. The highest BCUT2D eigenvalue weighted by molar-refractivity contribution is 5.91. The molecule has 0 atom stereocenters. The van der Waals surface area contributed by atoms with Crippen LogP contribution in [0.25, 0.3) is 22.3 Å². The van der Waals surface area contributed by atoms with E-state index in [1.54, 1.807) is 18.2 Å². The van der Waals surface area contributed by atoms with Gasteiger partial charge in [0.05, 0.1) is 49.7 Å². The molecule has 0 radical (unpaired) electrons. The molecule has 222 valence electrons. The predicted molar refractivity (Wildman–Crippen MR) is 143 cm³/mol. The molecular formula is C28H27F4N5O5. The number of rotatable bonds is 10. The van der Waals surface area contributed by atoms with Crippen molar-refractivity contribution in [2.75, 3.05) is 51.9 Å². The minimum absolute atomic E-state index is 0.0737. The summed E-state index contributed by atoms with van der Waals surface area (Å²) in [6.45, 7) is 4.36. The van der Waals surface area contributed by atoms with Crippen molar-refractivity contribution in [3.8, 4) is 22.8 Å². The Kier molecular flexibility index (Phi) is 8.83. The zero-order chi connectivity index (χ0) is 29.7. The first-order valence-electron chi connectivity index (χ1n) is 13.1. The molecule has 2 aromatic carbocycles. The molecule has 1 aliphatic heterocycles. The fourth-order valence-corrected chi connectivity index (χ4v) is 4.40. The summed E-state index contributed by atoms with van der Waals surface area (Å²) >= 11 is 0. The second kappa shape index (κ2) is 12.7. The molecule has 4 aromatic rings. The quantitative estimate of drug-likeness (QED) is 0.269. The van der Waals surface area contributed by atoms with Crippen LogP contribution in [0.15, 0.2) is 47.1 Å². The molecule has 42 heavy (non-hydrogen) atoms. The standard InChI is InChI=1S/C28H27F4N5O5/c1-39-24-14-22-21(13-25(24)41-9-6-37-4-7-40-8-5-37)33-16-23(34-22)18-3-2-17(20(29)10-18)11-27(38)35-26-12-19(42-36-26)15-28(30,31)32/h2-3,10,12-14,16H,4-9,11,15H2,1H3,(H,35,36,38). The Morgan fingerprint density at radius 3 is 2.62 bits per heavy atom. The number of ether oxygens (including phenoxy) is 3. The molecule has 0 spiro atoms. The number of benzene rings is 2. The van der Waals surface area contributed by atoms with Gasteiger partial charge in [-0.15, -0.1) is 0 Å². The number of amides is 1. The van der Waals surface area contributed by atoms with Gasteiger partial charge in [0.15, 0.2) is 17.3 Å². The van der Waals surface area contributed by atoms with E-state index in [9.17, 15) is 22.4 Å². The van der Waals surface area contributed by atoms with Gasteiger partial charge in [-0.3, -0.25) is 14.7 Å². The lowest BCUT2D eigenvalue weighted by Gasteiger charge is -2.26. The second-order valence-corrected chi connectivity index (χ2v) is 9.55. The van der Waals surface area contributed by atoms with Gasteiger partial charge in [-0.25, -0.2) is 9.37 Å². The minimum atomic E-state index is -4.48.